The van der Waals surface area contributed by atoms with Crippen LogP contribution in [-0.4, -0.2) is 12.0 Å². The van der Waals surface area contributed by atoms with E-state index in [1.807, 2.05) is 0 Å². The third-order valence-electron chi connectivity index (χ3n) is 2.01. The van der Waals surface area contributed by atoms with Crippen LogP contribution < -0.4 is 5.32 Å². The third kappa shape index (κ3) is 2.54. The van der Waals surface area contributed by atoms with Crippen LogP contribution in [0, 0.1) is 17.7 Å². The SMILES string of the molecule is CC#CCC(NC)c1ccncc1F. The summed E-state index contributed by atoms with van der Waals surface area (Å²) in [6.07, 6.45) is 3.41. The van der Waals surface area contributed by atoms with E-state index >= 15 is 0 Å². The van der Waals surface area contributed by atoms with E-state index in [0.29, 0.717) is 12.0 Å². The second-order valence-corrected chi connectivity index (χ2v) is 2.87. The molecule has 0 saturated heterocycles. The topological polar surface area (TPSA) is 24.9 Å². The lowest BCUT2D eigenvalue weighted by Gasteiger charge is -2.13. The Kier molecular flexibility index (Phi) is 4.09. The van der Waals surface area contributed by atoms with Crippen molar-refractivity contribution in [3.05, 3.63) is 29.8 Å². The second-order valence-electron chi connectivity index (χ2n) is 2.87. The minimum atomic E-state index is -0.287. The summed E-state index contributed by atoms with van der Waals surface area (Å²) < 4.78 is 13.3. The number of hydrogen-bond donors (Lipinski definition) is 1. The van der Waals surface area contributed by atoms with Crippen LogP contribution in [0.15, 0.2) is 18.5 Å². The van der Waals surface area contributed by atoms with Gasteiger partial charge in [0, 0.05) is 24.2 Å². The molecule has 1 N–H and O–H groups in total. The zero-order chi connectivity index (χ0) is 10.4. The second kappa shape index (κ2) is 5.36. The van der Waals surface area contributed by atoms with Crippen molar-refractivity contribution in [3.63, 3.8) is 0 Å². The Bertz CT molecular complexity index is 352. The molecule has 0 saturated carbocycles. The van der Waals surface area contributed by atoms with Crippen LogP contribution in [0.2, 0.25) is 0 Å². The zero-order valence-corrected chi connectivity index (χ0v) is 8.34. The molecule has 0 spiro atoms. The fourth-order valence-corrected chi connectivity index (χ4v) is 1.24. The van der Waals surface area contributed by atoms with Gasteiger partial charge >= 0.3 is 0 Å². The van der Waals surface area contributed by atoms with E-state index < -0.39 is 0 Å². The standard InChI is InChI=1S/C11H13FN2/c1-3-4-5-11(13-2)9-6-7-14-8-10(9)12/h6-8,11,13H,5H2,1-2H3. The summed E-state index contributed by atoms with van der Waals surface area (Å²) in [5.74, 6) is 5.43. The molecule has 1 atom stereocenters. The highest BCUT2D eigenvalue weighted by molar-refractivity contribution is 5.19. The smallest absolute Gasteiger partial charge is 0.146 e. The van der Waals surface area contributed by atoms with Gasteiger partial charge in [-0.15, -0.1) is 11.8 Å². The van der Waals surface area contributed by atoms with Crippen molar-refractivity contribution >= 4 is 0 Å². The molecule has 0 radical (unpaired) electrons. The highest BCUT2D eigenvalue weighted by Crippen LogP contribution is 2.17. The summed E-state index contributed by atoms with van der Waals surface area (Å²) in [5.41, 5.74) is 0.616. The quantitative estimate of drug-likeness (QED) is 0.740. The van der Waals surface area contributed by atoms with Crippen LogP contribution >= 0.6 is 0 Å². The first-order valence-corrected chi connectivity index (χ1v) is 4.46. The molecule has 1 heterocycles. The summed E-state index contributed by atoms with van der Waals surface area (Å²) in [4.78, 5) is 3.70. The molecule has 3 heteroatoms. The molecule has 1 unspecified atom stereocenters. The molecule has 0 aliphatic heterocycles. The molecule has 0 bridgehead atoms. The van der Waals surface area contributed by atoms with Crippen molar-refractivity contribution in [1.82, 2.24) is 10.3 Å². The first kappa shape index (κ1) is 10.7. The van der Waals surface area contributed by atoms with Crippen LogP contribution in [0.25, 0.3) is 0 Å². The lowest BCUT2D eigenvalue weighted by atomic mass is 10.1. The molecule has 0 aromatic carbocycles. The molecule has 1 aromatic rings. The normalized spacial score (nSPS) is 11.6. The van der Waals surface area contributed by atoms with Crippen molar-refractivity contribution in [3.8, 4) is 11.8 Å². The van der Waals surface area contributed by atoms with Crippen molar-refractivity contribution in [2.45, 2.75) is 19.4 Å². The summed E-state index contributed by atoms with van der Waals surface area (Å²) in [6.45, 7) is 1.77. The molecular formula is C11H13FN2. The number of halogens is 1. The summed E-state index contributed by atoms with van der Waals surface area (Å²) in [7, 11) is 1.79. The average molecular weight is 192 g/mol. The van der Waals surface area contributed by atoms with Gasteiger partial charge in [0.2, 0.25) is 0 Å². The lowest BCUT2D eigenvalue weighted by Crippen LogP contribution is -2.17. The molecular weight excluding hydrogens is 179 g/mol. The zero-order valence-electron chi connectivity index (χ0n) is 8.34. The Morgan fingerprint density at radius 3 is 3.00 bits per heavy atom. The first-order valence-electron chi connectivity index (χ1n) is 4.46. The fraction of sp³-hybridized carbons (Fsp3) is 0.364. The molecule has 2 nitrogen and oxygen atoms in total. The largest absolute Gasteiger partial charge is 0.312 e. The van der Waals surface area contributed by atoms with E-state index in [1.165, 1.54) is 6.20 Å². The average Bonchev–Trinajstić information content (AvgIpc) is 2.21. The Hall–Kier alpha value is -1.40. The molecule has 74 valence electrons. The summed E-state index contributed by atoms with van der Waals surface area (Å²) in [5, 5.41) is 3.02. The molecule has 1 aromatic heterocycles. The predicted molar refractivity (Wildman–Crippen MR) is 54.1 cm³/mol. The number of nitrogens with zero attached hydrogens (tertiary/aromatic N) is 1. The van der Waals surface area contributed by atoms with Crippen LogP contribution in [0.1, 0.15) is 24.9 Å². The summed E-state index contributed by atoms with van der Waals surface area (Å²) >= 11 is 0. The van der Waals surface area contributed by atoms with Gasteiger partial charge in [-0.1, -0.05) is 0 Å². The van der Waals surface area contributed by atoms with Gasteiger partial charge in [0.25, 0.3) is 0 Å². The number of rotatable bonds is 3. The van der Waals surface area contributed by atoms with E-state index in [2.05, 4.69) is 22.1 Å². The van der Waals surface area contributed by atoms with Gasteiger partial charge in [-0.25, -0.2) is 4.39 Å². The number of nitrogens with one attached hydrogen (secondary N) is 1. The van der Waals surface area contributed by atoms with E-state index in [-0.39, 0.29) is 11.9 Å². The maximum absolute atomic E-state index is 13.3. The van der Waals surface area contributed by atoms with Gasteiger partial charge < -0.3 is 5.32 Å². The third-order valence-corrected chi connectivity index (χ3v) is 2.01. The van der Waals surface area contributed by atoms with Crippen molar-refractivity contribution in [2.24, 2.45) is 0 Å². The fourth-order valence-electron chi connectivity index (χ4n) is 1.24. The lowest BCUT2D eigenvalue weighted by molar-refractivity contribution is 0.540. The number of pyridine rings is 1. The molecule has 0 fully saturated rings. The van der Waals surface area contributed by atoms with Crippen LogP contribution in [0.5, 0.6) is 0 Å². The van der Waals surface area contributed by atoms with Gasteiger partial charge in [-0.05, 0) is 20.0 Å². The van der Waals surface area contributed by atoms with Gasteiger partial charge in [0.1, 0.15) is 5.82 Å². The molecule has 0 aliphatic rings. The van der Waals surface area contributed by atoms with Crippen molar-refractivity contribution in [2.75, 3.05) is 7.05 Å². The van der Waals surface area contributed by atoms with Gasteiger partial charge in [-0.3, -0.25) is 4.98 Å². The van der Waals surface area contributed by atoms with E-state index in [1.54, 1.807) is 26.2 Å². The van der Waals surface area contributed by atoms with Crippen LogP contribution in [-0.2, 0) is 0 Å². The van der Waals surface area contributed by atoms with Gasteiger partial charge in [0.05, 0.1) is 6.20 Å². The Morgan fingerprint density at radius 1 is 1.64 bits per heavy atom. The molecule has 0 amide bonds. The predicted octanol–water partition coefficient (Wildman–Crippen LogP) is 1.89. The minimum absolute atomic E-state index is 0.0644. The number of aromatic nitrogens is 1. The molecule has 1 rings (SSSR count). The van der Waals surface area contributed by atoms with E-state index in [9.17, 15) is 4.39 Å². The van der Waals surface area contributed by atoms with E-state index in [0.717, 1.165) is 0 Å². The Balaban J connectivity index is 2.87. The highest BCUT2D eigenvalue weighted by atomic mass is 19.1. The highest BCUT2D eigenvalue weighted by Gasteiger charge is 2.11. The minimum Gasteiger partial charge on any atom is -0.312 e. The van der Waals surface area contributed by atoms with E-state index in [4.69, 9.17) is 0 Å². The van der Waals surface area contributed by atoms with Crippen LogP contribution in [0.3, 0.4) is 0 Å². The molecule has 0 aliphatic carbocycles. The Labute approximate surface area is 83.6 Å². The van der Waals surface area contributed by atoms with Gasteiger partial charge in [0.15, 0.2) is 0 Å². The maximum Gasteiger partial charge on any atom is 0.146 e. The van der Waals surface area contributed by atoms with Crippen LogP contribution in [0.4, 0.5) is 4.39 Å². The monoisotopic (exact) mass is 192 g/mol. The number of hydrogen-bond acceptors (Lipinski definition) is 2. The molecule has 14 heavy (non-hydrogen) atoms. The summed E-state index contributed by atoms with van der Waals surface area (Å²) in [6, 6.07) is 1.61. The first-order chi connectivity index (χ1) is 6.79. The van der Waals surface area contributed by atoms with Crippen molar-refractivity contribution < 1.29 is 4.39 Å². The maximum atomic E-state index is 13.3. The Morgan fingerprint density at radius 2 is 2.43 bits per heavy atom. The van der Waals surface area contributed by atoms with Crippen molar-refractivity contribution in [1.29, 1.82) is 0 Å². The van der Waals surface area contributed by atoms with Gasteiger partial charge in [-0.2, -0.15) is 0 Å².